The highest BCUT2D eigenvalue weighted by molar-refractivity contribution is 5.87. The normalized spacial score (nSPS) is 15.5. The summed E-state index contributed by atoms with van der Waals surface area (Å²) in [7, 11) is 0. The zero-order chi connectivity index (χ0) is 17.1. The predicted octanol–water partition coefficient (Wildman–Crippen LogP) is 0.952. The van der Waals surface area contributed by atoms with Gasteiger partial charge in [-0.3, -0.25) is 14.6 Å². The molecule has 3 rings (SSSR count). The molecule has 0 spiro atoms. The number of fused-ring (bicyclic) bond motifs is 1. The lowest BCUT2D eigenvalue weighted by Crippen LogP contribution is -2.40. The molecule has 0 saturated carbocycles. The molecule has 1 atom stereocenters. The number of H-pyrrole nitrogens is 1. The van der Waals surface area contributed by atoms with Gasteiger partial charge in [0.05, 0.1) is 0 Å². The lowest BCUT2D eigenvalue weighted by Gasteiger charge is -2.12. The Bertz CT molecular complexity index is 815. The minimum atomic E-state index is -0.237. The maximum Gasteiger partial charge on any atom is 0.252 e. The fraction of sp³-hybridized carbons (Fsp3) is 0.353. The van der Waals surface area contributed by atoms with E-state index >= 15 is 0 Å². The van der Waals surface area contributed by atoms with Crippen molar-refractivity contribution in [3.05, 3.63) is 51.4 Å². The van der Waals surface area contributed by atoms with Crippen LogP contribution in [0.15, 0.2) is 29.1 Å². The Kier molecular flexibility index (Phi) is 4.50. The van der Waals surface area contributed by atoms with Gasteiger partial charge >= 0.3 is 0 Å². The molecule has 0 aliphatic carbocycles. The largest absolute Gasteiger partial charge is 0.373 e. The highest BCUT2D eigenvalue weighted by atomic mass is 16.2. The van der Waals surface area contributed by atoms with Crippen LogP contribution in [0.2, 0.25) is 0 Å². The Morgan fingerprint density at radius 1 is 1.29 bits per heavy atom. The third-order valence-electron chi connectivity index (χ3n) is 3.92. The number of hydrogen-bond acceptors (Lipinski definition) is 5. The fourth-order valence-corrected chi connectivity index (χ4v) is 2.80. The van der Waals surface area contributed by atoms with E-state index in [1.807, 2.05) is 19.1 Å². The van der Waals surface area contributed by atoms with E-state index in [0.717, 1.165) is 5.69 Å². The molecule has 2 aromatic rings. The molecule has 0 radical (unpaired) electrons. The zero-order valence-corrected chi connectivity index (χ0v) is 13.8. The first-order chi connectivity index (χ1) is 11.5. The van der Waals surface area contributed by atoms with Crippen molar-refractivity contribution in [3.63, 3.8) is 0 Å². The van der Waals surface area contributed by atoms with Gasteiger partial charge in [0.2, 0.25) is 11.9 Å². The summed E-state index contributed by atoms with van der Waals surface area (Å²) in [5, 5.41) is 9.13. The molecule has 1 amide bonds. The van der Waals surface area contributed by atoms with Crippen LogP contribution in [-0.2, 0) is 11.2 Å². The molecular weight excluding hydrogens is 306 g/mol. The molecule has 24 heavy (non-hydrogen) atoms. The number of nitrogens with zero attached hydrogens (tertiary/aromatic N) is 1. The molecule has 1 aromatic carbocycles. The number of aromatic amines is 1. The standard InChI is InChI=1S/C17H21N5O2/c1-10-3-4-13-12(7-10)9-14(21-13)16(24)18-5-6-19-17-20-11(2)8-15(23)22-17/h3-4,7-8,14,21H,5-6,9H2,1-2H3,(H,18,24)(H2,19,20,22,23)/t14-/m0/s1. The summed E-state index contributed by atoms with van der Waals surface area (Å²) in [6.07, 6.45) is 0.697. The van der Waals surface area contributed by atoms with Gasteiger partial charge < -0.3 is 16.0 Å². The van der Waals surface area contributed by atoms with Gasteiger partial charge in [-0.1, -0.05) is 17.7 Å². The van der Waals surface area contributed by atoms with E-state index in [4.69, 9.17) is 0 Å². The summed E-state index contributed by atoms with van der Waals surface area (Å²) in [5.41, 5.74) is 3.85. The third kappa shape index (κ3) is 3.73. The Balaban J connectivity index is 1.46. The van der Waals surface area contributed by atoms with Crippen LogP contribution in [0.4, 0.5) is 11.6 Å². The van der Waals surface area contributed by atoms with E-state index in [-0.39, 0.29) is 17.5 Å². The van der Waals surface area contributed by atoms with Gasteiger partial charge in [0.1, 0.15) is 6.04 Å². The first-order valence-electron chi connectivity index (χ1n) is 7.97. The summed E-state index contributed by atoms with van der Waals surface area (Å²) >= 11 is 0. The molecule has 1 aromatic heterocycles. The Morgan fingerprint density at radius 3 is 2.92 bits per heavy atom. The maximum atomic E-state index is 12.2. The van der Waals surface area contributed by atoms with Crippen LogP contribution in [0.25, 0.3) is 0 Å². The molecule has 0 fully saturated rings. The monoisotopic (exact) mass is 327 g/mol. The van der Waals surface area contributed by atoms with Crippen molar-refractivity contribution in [2.75, 3.05) is 23.7 Å². The second-order valence-corrected chi connectivity index (χ2v) is 6.01. The minimum Gasteiger partial charge on any atom is -0.373 e. The SMILES string of the molecule is Cc1ccc2c(c1)C[C@@H](C(=O)NCCNc1nc(C)cc(=O)[nH]1)N2. The van der Waals surface area contributed by atoms with Crippen molar-refractivity contribution in [1.29, 1.82) is 0 Å². The van der Waals surface area contributed by atoms with Crippen molar-refractivity contribution in [2.24, 2.45) is 0 Å². The summed E-state index contributed by atoms with van der Waals surface area (Å²) < 4.78 is 0. The topological polar surface area (TPSA) is 98.9 Å². The maximum absolute atomic E-state index is 12.2. The van der Waals surface area contributed by atoms with Crippen LogP contribution >= 0.6 is 0 Å². The van der Waals surface area contributed by atoms with Gasteiger partial charge in [0, 0.05) is 37.0 Å². The molecule has 126 valence electrons. The van der Waals surface area contributed by atoms with E-state index in [1.54, 1.807) is 6.92 Å². The number of anilines is 2. The number of carbonyl (C=O) groups excluding carboxylic acids is 1. The summed E-state index contributed by atoms with van der Waals surface area (Å²) in [4.78, 5) is 30.4. The lowest BCUT2D eigenvalue weighted by atomic mass is 10.1. The molecule has 1 aliphatic heterocycles. The molecule has 0 unspecified atom stereocenters. The Labute approximate surface area is 139 Å². The summed E-state index contributed by atoms with van der Waals surface area (Å²) in [6.45, 7) is 4.73. The Hall–Kier alpha value is -2.83. The van der Waals surface area contributed by atoms with Crippen molar-refractivity contribution in [3.8, 4) is 0 Å². The van der Waals surface area contributed by atoms with E-state index in [1.165, 1.54) is 17.2 Å². The molecule has 2 heterocycles. The van der Waals surface area contributed by atoms with Crippen molar-refractivity contribution in [2.45, 2.75) is 26.3 Å². The summed E-state index contributed by atoms with van der Waals surface area (Å²) in [6, 6.07) is 7.35. The fourth-order valence-electron chi connectivity index (χ4n) is 2.80. The number of aromatic nitrogens is 2. The molecule has 7 heteroatoms. The first kappa shape index (κ1) is 16.0. The minimum absolute atomic E-state index is 0.0312. The quantitative estimate of drug-likeness (QED) is 0.613. The van der Waals surface area contributed by atoms with Crippen LogP contribution in [0.3, 0.4) is 0 Å². The average molecular weight is 327 g/mol. The van der Waals surface area contributed by atoms with Crippen LogP contribution in [0.5, 0.6) is 0 Å². The van der Waals surface area contributed by atoms with Crippen molar-refractivity contribution in [1.82, 2.24) is 15.3 Å². The van der Waals surface area contributed by atoms with E-state index in [2.05, 4.69) is 32.0 Å². The second kappa shape index (κ2) is 6.74. The number of aryl methyl sites for hydroxylation is 2. The van der Waals surface area contributed by atoms with Crippen molar-refractivity contribution >= 4 is 17.5 Å². The van der Waals surface area contributed by atoms with Gasteiger partial charge in [-0.05, 0) is 25.5 Å². The number of amides is 1. The van der Waals surface area contributed by atoms with Gasteiger partial charge in [-0.15, -0.1) is 0 Å². The van der Waals surface area contributed by atoms with E-state index < -0.39 is 0 Å². The van der Waals surface area contributed by atoms with Crippen LogP contribution in [0.1, 0.15) is 16.8 Å². The number of nitrogens with one attached hydrogen (secondary N) is 4. The molecule has 0 saturated heterocycles. The van der Waals surface area contributed by atoms with E-state index in [0.29, 0.717) is 31.2 Å². The van der Waals surface area contributed by atoms with Crippen LogP contribution < -0.4 is 21.5 Å². The zero-order valence-electron chi connectivity index (χ0n) is 13.8. The highest BCUT2D eigenvalue weighted by Crippen LogP contribution is 2.26. The highest BCUT2D eigenvalue weighted by Gasteiger charge is 2.26. The lowest BCUT2D eigenvalue weighted by molar-refractivity contribution is -0.121. The number of benzene rings is 1. The number of rotatable bonds is 5. The van der Waals surface area contributed by atoms with Gasteiger partial charge in [0.25, 0.3) is 5.56 Å². The average Bonchev–Trinajstić information content (AvgIpc) is 2.93. The van der Waals surface area contributed by atoms with Gasteiger partial charge in [-0.25, -0.2) is 4.98 Å². The molecule has 0 bridgehead atoms. The van der Waals surface area contributed by atoms with Crippen LogP contribution in [-0.4, -0.2) is 35.0 Å². The molecule has 1 aliphatic rings. The smallest absolute Gasteiger partial charge is 0.252 e. The van der Waals surface area contributed by atoms with E-state index in [9.17, 15) is 9.59 Å². The summed E-state index contributed by atoms with van der Waals surface area (Å²) in [5.74, 6) is 0.382. The van der Waals surface area contributed by atoms with Gasteiger partial charge in [0.15, 0.2) is 0 Å². The Morgan fingerprint density at radius 2 is 2.12 bits per heavy atom. The number of carbonyl (C=O) groups is 1. The van der Waals surface area contributed by atoms with Crippen LogP contribution in [0, 0.1) is 13.8 Å². The van der Waals surface area contributed by atoms with Crippen molar-refractivity contribution < 1.29 is 4.79 Å². The van der Waals surface area contributed by atoms with Gasteiger partial charge in [-0.2, -0.15) is 0 Å². The number of hydrogen-bond donors (Lipinski definition) is 4. The molecule has 7 nitrogen and oxygen atoms in total. The third-order valence-corrected chi connectivity index (χ3v) is 3.92. The molecular formula is C17H21N5O2. The second-order valence-electron chi connectivity index (χ2n) is 6.01. The molecule has 4 N–H and O–H groups in total. The first-order valence-corrected chi connectivity index (χ1v) is 7.97. The predicted molar refractivity (Wildman–Crippen MR) is 93.4 cm³/mol.